The highest BCUT2D eigenvalue weighted by atomic mass is 79.9. The summed E-state index contributed by atoms with van der Waals surface area (Å²) in [4.78, 5) is 0. The molecule has 1 N–H and O–H groups in total. The van der Waals surface area contributed by atoms with E-state index in [2.05, 4.69) is 33.3 Å². The van der Waals surface area contributed by atoms with Crippen molar-refractivity contribution in [1.29, 1.82) is 0 Å². The average molecular weight is 354 g/mol. The summed E-state index contributed by atoms with van der Waals surface area (Å²) in [5, 5.41) is 7.34. The number of hydrogen-bond acceptors (Lipinski definition) is 2. The van der Waals surface area contributed by atoms with Crippen molar-refractivity contribution in [3.05, 3.63) is 10.2 Å². The van der Waals surface area contributed by atoms with Gasteiger partial charge in [-0.15, -0.1) is 0 Å². The van der Waals surface area contributed by atoms with Crippen LogP contribution in [0.15, 0.2) is 4.47 Å². The summed E-state index contributed by atoms with van der Waals surface area (Å²) < 4.78 is 41.3. The monoisotopic (exact) mass is 353 g/mol. The van der Waals surface area contributed by atoms with Crippen molar-refractivity contribution in [2.24, 2.45) is 0 Å². The molecule has 0 amide bonds. The zero-order valence-corrected chi connectivity index (χ0v) is 13.3. The minimum absolute atomic E-state index is 0.00617. The SMILES string of the molecule is CCCC(C)c1nn2c(c1Br)NC(C)CC2C(F)(F)F. The standard InChI is InChI=1S/C13H19BrF3N3/c1-4-5-7(2)11-10(14)12-18-8(3)6-9(13(15,16)17)20(12)19-11/h7-9,18H,4-6H2,1-3H3. The Morgan fingerprint density at radius 1 is 1.50 bits per heavy atom. The van der Waals surface area contributed by atoms with Crippen LogP contribution >= 0.6 is 15.9 Å². The molecule has 0 bridgehead atoms. The molecule has 0 spiro atoms. The maximum Gasteiger partial charge on any atom is 0.410 e. The predicted octanol–water partition coefficient (Wildman–Crippen LogP) is 4.86. The van der Waals surface area contributed by atoms with Gasteiger partial charge >= 0.3 is 6.18 Å². The summed E-state index contributed by atoms with van der Waals surface area (Å²) in [6.07, 6.45) is -2.39. The van der Waals surface area contributed by atoms with Crippen LogP contribution < -0.4 is 5.32 Å². The number of anilines is 1. The average Bonchev–Trinajstić information content (AvgIpc) is 2.65. The van der Waals surface area contributed by atoms with Gasteiger partial charge in [0.25, 0.3) is 0 Å². The largest absolute Gasteiger partial charge is 0.410 e. The van der Waals surface area contributed by atoms with Crippen molar-refractivity contribution < 1.29 is 13.2 Å². The number of alkyl halides is 3. The molecule has 1 aromatic heterocycles. The Labute approximate surface area is 125 Å². The molecule has 114 valence electrons. The maximum absolute atomic E-state index is 13.2. The zero-order valence-electron chi connectivity index (χ0n) is 11.8. The van der Waals surface area contributed by atoms with E-state index in [0.29, 0.717) is 16.0 Å². The first kappa shape index (κ1) is 15.7. The van der Waals surface area contributed by atoms with Crippen LogP contribution in [-0.2, 0) is 0 Å². The molecule has 7 heteroatoms. The van der Waals surface area contributed by atoms with Crippen molar-refractivity contribution in [2.75, 3.05) is 5.32 Å². The number of hydrogen-bond donors (Lipinski definition) is 1. The van der Waals surface area contributed by atoms with Gasteiger partial charge in [-0.1, -0.05) is 20.3 Å². The summed E-state index contributed by atoms with van der Waals surface area (Å²) in [5.41, 5.74) is 0.706. The zero-order chi connectivity index (χ0) is 15.1. The fourth-order valence-electron chi connectivity index (χ4n) is 2.67. The molecule has 0 radical (unpaired) electrons. The molecule has 2 rings (SSSR count). The summed E-state index contributed by atoms with van der Waals surface area (Å²) >= 11 is 3.42. The Hall–Kier alpha value is -0.720. The van der Waals surface area contributed by atoms with E-state index < -0.39 is 12.2 Å². The quantitative estimate of drug-likeness (QED) is 0.840. The number of nitrogens with zero attached hydrogens (tertiary/aromatic N) is 2. The Bertz CT molecular complexity index is 484. The first-order chi connectivity index (χ1) is 9.25. The molecular weight excluding hydrogens is 335 g/mol. The van der Waals surface area contributed by atoms with Gasteiger partial charge in [0, 0.05) is 12.0 Å². The van der Waals surface area contributed by atoms with Crippen molar-refractivity contribution in [3.8, 4) is 0 Å². The van der Waals surface area contributed by atoms with Gasteiger partial charge in [-0.2, -0.15) is 18.3 Å². The van der Waals surface area contributed by atoms with Crippen molar-refractivity contribution in [3.63, 3.8) is 0 Å². The van der Waals surface area contributed by atoms with Crippen LogP contribution in [0.2, 0.25) is 0 Å². The second-order valence-electron chi connectivity index (χ2n) is 5.52. The molecule has 0 fully saturated rings. The molecule has 3 nitrogen and oxygen atoms in total. The van der Waals surface area contributed by atoms with Crippen LogP contribution in [0, 0.1) is 0 Å². The molecule has 2 heterocycles. The lowest BCUT2D eigenvalue weighted by Gasteiger charge is -2.31. The van der Waals surface area contributed by atoms with Crippen molar-refractivity contribution in [1.82, 2.24) is 9.78 Å². The third kappa shape index (κ3) is 2.82. The van der Waals surface area contributed by atoms with Gasteiger partial charge in [0.2, 0.25) is 0 Å². The molecule has 1 aliphatic heterocycles. The molecular formula is C13H19BrF3N3. The highest BCUT2D eigenvalue weighted by molar-refractivity contribution is 9.10. The second-order valence-corrected chi connectivity index (χ2v) is 6.31. The first-order valence-corrected chi connectivity index (χ1v) is 7.66. The lowest BCUT2D eigenvalue weighted by Crippen LogP contribution is -2.38. The van der Waals surface area contributed by atoms with E-state index >= 15 is 0 Å². The third-order valence-corrected chi connectivity index (χ3v) is 4.48. The number of aromatic nitrogens is 2. The molecule has 20 heavy (non-hydrogen) atoms. The topological polar surface area (TPSA) is 29.9 Å². The van der Waals surface area contributed by atoms with Crippen molar-refractivity contribution >= 4 is 21.7 Å². The van der Waals surface area contributed by atoms with Crippen molar-refractivity contribution in [2.45, 2.75) is 64.2 Å². The fraction of sp³-hybridized carbons (Fsp3) is 0.769. The van der Waals surface area contributed by atoms with E-state index in [1.165, 1.54) is 0 Å². The number of rotatable bonds is 3. The number of halogens is 4. The Kier molecular flexibility index (Phi) is 4.37. The maximum atomic E-state index is 13.2. The van der Waals surface area contributed by atoms with Crippen LogP contribution in [0.1, 0.15) is 57.7 Å². The minimum Gasteiger partial charge on any atom is -0.367 e. The smallest absolute Gasteiger partial charge is 0.367 e. The van der Waals surface area contributed by atoms with Crippen LogP contribution in [-0.4, -0.2) is 22.0 Å². The van der Waals surface area contributed by atoms with E-state index in [1.807, 2.05) is 6.92 Å². The molecule has 3 atom stereocenters. The normalized spacial score (nSPS) is 24.1. The molecule has 0 saturated carbocycles. The van der Waals surface area contributed by atoms with Gasteiger partial charge in [-0.05, 0) is 35.7 Å². The Morgan fingerprint density at radius 3 is 2.70 bits per heavy atom. The third-order valence-electron chi connectivity index (χ3n) is 3.70. The van der Waals surface area contributed by atoms with Crippen LogP contribution in [0.25, 0.3) is 0 Å². The molecule has 3 unspecified atom stereocenters. The Balaban J connectivity index is 2.45. The predicted molar refractivity (Wildman–Crippen MR) is 76.0 cm³/mol. The number of nitrogens with one attached hydrogen (secondary N) is 1. The van der Waals surface area contributed by atoms with Gasteiger partial charge in [0.1, 0.15) is 5.82 Å². The summed E-state index contributed by atoms with van der Waals surface area (Å²) in [6, 6.07) is -1.77. The highest BCUT2D eigenvalue weighted by Gasteiger charge is 2.46. The second kappa shape index (κ2) is 5.58. The molecule has 0 saturated heterocycles. The van der Waals surface area contributed by atoms with E-state index in [4.69, 9.17) is 0 Å². The van der Waals surface area contributed by atoms with Gasteiger partial charge in [-0.25, -0.2) is 4.68 Å². The van der Waals surface area contributed by atoms with Crippen LogP contribution in [0.3, 0.4) is 0 Å². The highest BCUT2D eigenvalue weighted by Crippen LogP contribution is 2.44. The summed E-state index contributed by atoms with van der Waals surface area (Å²) in [7, 11) is 0. The van der Waals surface area contributed by atoms with Gasteiger partial charge in [-0.3, -0.25) is 0 Å². The fourth-order valence-corrected chi connectivity index (χ4v) is 3.44. The molecule has 1 aliphatic rings. The lowest BCUT2D eigenvalue weighted by atomic mass is 10.0. The summed E-state index contributed by atoms with van der Waals surface area (Å²) in [6.45, 7) is 5.81. The van der Waals surface area contributed by atoms with Crippen LogP contribution in [0.5, 0.6) is 0 Å². The van der Waals surface area contributed by atoms with E-state index in [9.17, 15) is 13.2 Å². The first-order valence-electron chi connectivity index (χ1n) is 6.86. The van der Waals surface area contributed by atoms with E-state index in [0.717, 1.165) is 17.5 Å². The van der Waals surface area contributed by atoms with Gasteiger partial charge < -0.3 is 5.32 Å². The van der Waals surface area contributed by atoms with Gasteiger partial charge in [0.05, 0.1) is 10.2 Å². The molecule has 1 aromatic rings. The molecule has 0 aromatic carbocycles. The van der Waals surface area contributed by atoms with E-state index in [-0.39, 0.29) is 18.4 Å². The Morgan fingerprint density at radius 2 is 2.15 bits per heavy atom. The molecule has 0 aliphatic carbocycles. The van der Waals surface area contributed by atoms with Gasteiger partial charge in [0.15, 0.2) is 6.04 Å². The van der Waals surface area contributed by atoms with E-state index in [1.54, 1.807) is 6.92 Å². The number of fused-ring (bicyclic) bond motifs is 1. The summed E-state index contributed by atoms with van der Waals surface area (Å²) in [5.74, 6) is 0.586. The van der Waals surface area contributed by atoms with Crippen LogP contribution in [0.4, 0.5) is 19.0 Å². The minimum atomic E-state index is -4.28. The lowest BCUT2D eigenvalue weighted by molar-refractivity contribution is -0.173.